The summed E-state index contributed by atoms with van der Waals surface area (Å²) in [4.78, 5) is 14.2. The molecule has 0 bridgehead atoms. The second-order valence-electron chi connectivity index (χ2n) is 8.63. The van der Waals surface area contributed by atoms with Crippen LogP contribution in [0.25, 0.3) is 0 Å². The number of aliphatic hydroxyl groups excluding tert-OH is 1. The second kappa shape index (κ2) is 11.6. The van der Waals surface area contributed by atoms with Gasteiger partial charge in [-0.15, -0.1) is 0 Å². The minimum absolute atomic E-state index is 0.422. The number of hydrogen-bond acceptors (Lipinski definition) is 6. The van der Waals surface area contributed by atoms with E-state index < -0.39 is 6.10 Å². The number of aromatic nitrogens is 2. The largest absolute Gasteiger partial charge is 0.389 e. The van der Waals surface area contributed by atoms with Crippen molar-refractivity contribution in [1.29, 1.82) is 0 Å². The van der Waals surface area contributed by atoms with E-state index in [-0.39, 0.29) is 0 Å². The summed E-state index contributed by atoms with van der Waals surface area (Å²) in [6.07, 6.45) is 2.59. The number of nitrogens with zero attached hydrogens (tertiary/aromatic N) is 4. The number of β-amino-alcohol motifs (C(OH)–C–C–N with tert-alkyl or cyclic N) is 1. The summed E-state index contributed by atoms with van der Waals surface area (Å²) >= 11 is 0. The Morgan fingerprint density at radius 3 is 2.52 bits per heavy atom. The van der Waals surface area contributed by atoms with Crippen LogP contribution < -0.4 is 4.90 Å². The van der Waals surface area contributed by atoms with E-state index in [4.69, 9.17) is 9.72 Å². The molecule has 31 heavy (non-hydrogen) atoms. The standard InChI is InChI=1S/C25H38N4O2/c1-5-6-15-31-18-23(30)17-28-11-13-29(14-12-28)25-24(20(3)26-21(4)27-25)16-22-10-8-7-9-19(22)2/h7-10,23,30H,5-6,11-18H2,1-4H3. The Morgan fingerprint density at radius 2 is 1.81 bits per heavy atom. The lowest BCUT2D eigenvalue weighted by Crippen LogP contribution is -2.49. The molecule has 1 fully saturated rings. The van der Waals surface area contributed by atoms with Gasteiger partial charge in [0.25, 0.3) is 0 Å². The van der Waals surface area contributed by atoms with Gasteiger partial charge in [-0.2, -0.15) is 0 Å². The lowest BCUT2D eigenvalue weighted by molar-refractivity contribution is 0.0150. The van der Waals surface area contributed by atoms with Crippen molar-refractivity contribution < 1.29 is 9.84 Å². The fraction of sp³-hybridized carbons (Fsp3) is 0.600. The minimum Gasteiger partial charge on any atom is -0.389 e. The molecule has 0 saturated carbocycles. The van der Waals surface area contributed by atoms with Gasteiger partial charge in [0.15, 0.2) is 0 Å². The van der Waals surface area contributed by atoms with E-state index >= 15 is 0 Å². The summed E-state index contributed by atoms with van der Waals surface area (Å²) in [5, 5.41) is 10.3. The maximum Gasteiger partial charge on any atom is 0.136 e. The van der Waals surface area contributed by atoms with Crippen LogP contribution in [0.2, 0.25) is 0 Å². The zero-order valence-corrected chi connectivity index (χ0v) is 19.6. The molecule has 1 aliphatic rings. The number of piperazine rings is 1. The number of hydrogen-bond donors (Lipinski definition) is 1. The molecule has 1 aromatic heterocycles. The Hall–Kier alpha value is -2.02. The molecule has 2 aromatic rings. The Kier molecular flexibility index (Phi) is 8.81. The molecule has 0 radical (unpaired) electrons. The first-order chi connectivity index (χ1) is 15.0. The molecular formula is C25H38N4O2. The van der Waals surface area contributed by atoms with Gasteiger partial charge in [-0.3, -0.25) is 4.90 Å². The van der Waals surface area contributed by atoms with E-state index in [1.807, 2.05) is 6.92 Å². The average Bonchev–Trinajstić information content (AvgIpc) is 2.75. The highest BCUT2D eigenvalue weighted by Crippen LogP contribution is 2.26. The van der Waals surface area contributed by atoms with Gasteiger partial charge < -0.3 is 14.7 Å². The van der Waals surface area contributed by atoms with Crippen molar-refractivity contribution in [2.45, 2.75) is 53.1 Å². The SMILES string of the molecule is CCCCOCC(O)CN1CCN(c2nc(C)nc(C)c2Cc2ccccc2C)CC1. The number of aliphatic hydroxyl groups is 1. The second-order valence-corrected chi connectivity index (χ2v) is 8.63. The van der Waals surface area contributed by atoms with Gasteiger partial charge >= 0.3 is 0 Å². The van der Waals surface area contributed by atoms with Gasteiger partial charge in [-0.05, 0) is 38.3 Å². The van der Waals surface area contributed by atoms with Gasteiger partial charge in [0.2, 0.25) is 0 Å². The average molecular weight is 427 g/mol. The van der Waals surface area contributed by atoms with Crippen molar-refractivity contribution >= 4 is 5.82 Å². The summed E-state index contributed by atoms with van der Waals surface area (Å²) in [5.74, 6) is 1.89. The monoisotopic (exact) mass is 426 g/mol. The van der Waals surface area contributed by atoms with Gasteiger partial charge in [-0.1, -0.05) is 37.6 Å². The van der Waals surface area contributed by atoms with E-state index in [2.05, 4.69) is 59.8 Å². The molecule has 1 N–H and O–H groups in total. The number of unbranched alkanes of at least 4 members (excludes halogenated alkanes) is 1. The van der Waals surface area contributed by atoms with E-state index in [0.717, 1.165) is 69.4 Å². The molecule has 6 heteroatoms. The third-order valence-electron chi connectivity index (χ3n) is 6.03. The number of anilines is 1. The highest BCUT2D eigenvalue weighted by atomic mass is 16.5. The van der Waals surface area contributed by atoms with Crippen molar-refractivity contribution in [2.24, 2.45) is 0 Å². The summed E-state index contributed by atoms with van der Waals surface area (Å²) in [5.41, 5.74) is 4.91. The number of ether oxygens (including phenoxy) is 1. The maximum absolute atomic E-state index is 10.3. The molecule has 6 nitrogen and oxygen atoms in total. The van der Waals surface area contributed by atoms with Crippen molar-refractivity contribution in [3.63, 3.8) is 0 Å². The van der Waals surface area contributed by atoms with Gasteiger partial charge in [0, 0.05) is 57.0 Å². The third-order valence-corrected chi connectivity index (χ3v) is 6.03. The van der Waals surface area contributed by atoms with Crippen LogP contribution in [0.4, 0.5) is 5.82 Å². The number of aryl methyl sites for hydroxylation is 3. The molecule has 3 rings (SSSR count). The molecule has 170 valence electrons. The highest BCUT2D eigenvalue weighted by molar-refractivity contribution is 5.52. The van der Waals surface area contributed by atoms with Crippen LogP contribution >= 0.6 is 0 Å². The Morgan fingerprint density at radius 1 is 1.06 bits per heavy atom. The van der Waals surface area contributed by atoms with E-state index in [0.29, 0.717) is 13.2 Å². The van der Waals surface area contributed by atoms with Crippen LogP contribution in [0, 0.1) is 20.8 Å². The lowest BCUT2D eigenvalue weighted by atomic mass is 9.99. The summed E-state index contributed by atoms with van der Waals surface area (Å²) in [6.45, 7) is 13.8. The molecule has 1 aromatic carbocycles. The fourth-order valence-electron chi connectivity index (χ4n) is 4.14. The van der Waals surface area contributed by atoms with Crippen LogP contribution in [0.15, 0.2) is 24.3 Å². The minimum atomic E-state index is -0.427. The quantitative estimate of drug-likeness (QED) is 0.588. The van der Waals surface area contributed by atoms with Crippen LogP contribution in [-0.2, 0) is 11.2 Å². The van der Waals surface area contributed by atoms with Gasteiger partial charge in [-0.25, -0.2) is 9.97 Å². The molecule has 0 amide bonds. The Bertz CT molecular complexity index is 834. The fourth-order valence-corrected chi connectivity index (χ4v) is 4.14. The van der Waals surface area contributed by atoms with Crippen LogP contribution in [0.5, 0.6) is 0 Å². The summed E-state index contributed by atoms with van der Waals surface area (Å²) < 4.78 is 5.57. The smallest absolute Gasteiger partial charge is 0.136 e. The van der Waals surface area contributed by atoms with Crippen LogP contribution in [0.1, 0.15) is 48.0 Å². The molecule has 2 heterocycles. The zero-order chi connectivity index (χ0) is 22.2. The summed E-state index contributed by atoms with van der Waals surface area (Å²) in [7, 11) is 0. The molecule has 0 spiro atoms. The summed E-state index contributed by atoms with van der Waals surface area (Å²) in [6, 6.07) is 8.54. The molecule has 1 saturated heterocycles. The highest BCUT2D eigenvalue weighted by Gasteiger charge is 2.23. The van der Waals surface area contributed by atoms with Gasteiger partial charge in [0.1, 0.15) is 11.6 Å². The van der Waals surface area contributed by atoms with E-state index in [9.17, 15) is 5.11 Å². The van der Waals surface area contributed by atoms with E-state index in [1.54, 1.807) is 0 Å². The van der Waals surface area contributed by atoms with Crippen molar-refractivity contribution in [1.82, 2.24) is 14.9 Å². The molecule has 1 aliphatic heterocycles. The van der Waals surface area contributed by atoms with Crippen LogP contribution in [-0.4, -0.2) is 72.0 Å². The molecular weight excluding hydrogens is 388 g/mol. The van der Waals surface area contributed by atoms with Crippen molar-refractivity contribution in [3.8, 4) is 0 Å². The topological polar surface area (TPSA) is 61.7 Å². The Labute approximate surface area is 187 Å². The predicted molar refractivity (Wildman–Crippen MR) is 126 cm³/mol. The van der Waals surface area contributed by atoms with Crippen molar-refractivity contribution in [3.05, 3.63) is 52.5 Å². The number of rotatable bonds is 10. The zero-order valence-electron chi connectivity index (χ0n) is 19.6. The first-order valence-corrected chi connectivity index (χ1v) is 11.6. The van der Waals surface area contributed by atoms with Crippen molar-refractivity contribution in [2.75, 3.05) is 50.8 Å². The first kappa shape index (κ1) is 23.6. The van der Waals surface area contributed by atoms with Gasteiger partial charge in [0.05, 0.1) is 12.7 Å². The molecule has 1 atom stereocenters. The Balaban J connectivity index is 1.63. The predicted octanol–water partition coefficient (Wildman–Crippen LogP) is 3.29. The molecule has 1 unspecified atom stereocenters. The number of benzene rings is 1. The van der Waals surface area contributed by atoms with Crippen LogP contribution in [0.3, 0.4) is 0 Å². The third kappa shape index (κ3) is 6.73. The molecule has 0 aliphatic carbocycles. The van der Waals surface area contributed by atoms with E-state index in [1.165, 1.54) is 16.7 Å². The maximum atomic E-state index is 10.3. The first-order valence-electron chi connectivity index (χ1n) is 11.6. The normalized spacial score (nSPS) is 16.0. The lowest BCUT2D eigenvalue weighted by Gasteiger charge is -2.37.